The molecule has 1 aromatic carbocycles. The Morgan fingerprint density at radius 3 is 2.39 bits per heavy atom. The number of nitrogens with one attached hydrogen (secondary N) is 2. The van der Waals surface area contributed by atoms with Crippen LogP contribution in [0.5, 0.6) is 0 Å². The number of anilines is 1. The topological polar surface area (TPSA) is 68.2 Å². The van der Waals surface area contributed by atoms with Crippen molar-refractivity contribution < 1.29 is 4.79 Å². The Morgan fingerprint density at radius 2 is 1.87 bits per heavy atom. The Bertz CT molecular complexity index is 603. The first-order valence-electron chi connectivity index (χ1n) is 7.72. The van der Waals surface area contributed by atoms with Crippen molar-refractivity contribution in [2.24, 2.45) is 0 Å². The Balaban J connectivity index is 2.69. The maximum absolute atomic E-state index is 12.3. The van der Waals surface area contributed by atoms with Crippen LogP contribution in [-0.4, -0.2) is 38.0 Å². The van der Waals surface area contributed by atoms with E-state index >= 15 is 0 Å². The van der Waals surface area contributed by atoms with Crippen molar-refractivity contribution >= 4 is 11.6 Å². The molecule has 1 aromatic rings. The second-order valence-electron chi connectivity index (χ2n) is 6.01. The molecule has 5 heteroatoms. The van der Waals surface area contributed by atoms with Crippen LogP contribution in [0.3, 0.4) is 0 Å². The largest absolute Gasteiger partial charge is 0.390 e. The second kappa shape index (κ2) is 8.96. The standard InChI is InChI=1S/C18H26N4O/c1-13-9-14(2)17(15(3)10-13)21-18(23)16(11-19)12-20-7-6-8-22(4)5/h9-10,12,20H,6-8H2,1-5H3,(H,21,23)/b16-12-. The first-order valence-corrected chi connectivity index (χ1v) is 7.72. The Morgan fingerprint density at radius 1 is 1.26 bits per heavy atom. The molecule has 0 atom stereocenters. The second-order valence-corrected chi connectivity index (χ2v) is 6.01. The smallest absolute Gasteiger partial charge is 0.267 e. The maximum Gasteiger partial charge on any atom is 0.267 e. The lowest BCUT2D eigenvalue weighted by molar-refractivity contribution is -0.112. The molecule has 0 aromatic heterocycles. The number of nitriles is 1. The number of benzene rings is 1. The molecule has 2 N–H and O–H groups in total. The number of amides is 1. The van der Waals surface area contributed by atoms with Crippen molar-refractivity contribution in [2.75, 3.05) is 32.5 Å². The van der Waals surface area contributed by atoms with Gasteiger partial charge in [-0.25, -0.2) is 0 Å². The molecular formula is C18H26N4O. The predicted molar refractivity (Wildman–Crippen MR) is 94.2 cm³/mol. The molecule has 0 spiro atoms. The molecule has 0 aliphatic rings. The number of aryl methyl sites for hydroxylation is 3. The van der Waals surface area contributed by atoms with Gasteiger partial charge in [0.15, 0.2) is 0 Å². The molecule has 1 amide bonds. The fourth-order valence-electron chi connectivity index (χ4n) is 2.38. The van der Waals surface area contributed by atoms with E-state index in [2.05, 4.69) is 15.5 Å². The minimum absolute atomic E-state index is 0.0780. The van der Waals surface area contributed by atoms with Crippen LogP contribution in [0.4, 0.5) is 5.69 Å². The Hall–Kier alpha value is -2.32. The first kappa shape index (κ1) is 18.7. The predicted octanol–water partition coefficient (Wildman–Crippen LogP) is 2.50. The van der Waals surface area contributed by atoms with E-state index in [0.717, 1.165) is 41.9 Å². The molecule has 0 bridgehead atoms. The lowest BCUT2D eigenvalue weighted by Crippen LogP contribution is -2.20. The lowest BCUT2D eigenvalue weighted by Gasteiger charge is -2.12. The molecule has 1 rings (SSSR count). The van der Waals surface area contributed by atoms with Gasteiger partial charge in [-0.3, -0.25) is 4.79 Å². The molecular weight excluding hydrogens is 288 g/mol. The summed E-state index contributed by atoms with van der Waals surface area (Å²) < 4.78 is 0. The van der Waals surface area contributed by atoms with Crippen LogP contribution in [0.15, 0.2) is 23.9 Å². The lowest BCUT2D eigenvalue weighted by atomic mass is 10.0. The van der Waals surface area contributed by atoms with E-state index in [-0.39, 0.29) is 11.5 Å². The van der Waals surface area contributed by atoms with E-state index in [1.807, 2.05) is 53.1 Å². The highest BCUT2D eigenvalue weighted by molar-refractivity contribution is 6.07. The molecule has 0 aliphatic carbocycles. The molecule has 0 saturated heterocycles. The zero-order valence-electron chi connectivity index (χ0n) is 14.7. The van der Waals surface area contributed by atoms with Crippen molar-refractivity contribution in [1.82, 2.24) is 10.2 Å². The number of nitrogens with zero attached hydrogens (tertiary/aromatic N) is 2. The number of carbonyl (C=O) groups excluding carboxylic acids is 1. The molecule has 0 aliphatic heterocycles. The van der Waals surface area contributed by atoms with Gasteiger partial charge in [0.25, 0.3) is 5.91 Å². The van der Waals surface area contributed by atoms with Crippen molar-refractivity contribution in [3.63, 3.8) is 0 Å². The minimum Gasteiger partial charge on any atom is -0.390 e. The van der Waals surface area contributed by atoms with Crippen LogP contribution < -0.4 is 10.6 Å². The monoisotopic (exact) mass is 314 g/mol. The van der Waals surface area contributed by atoms with Crippen molar-refractivity contribution in [2.45, 2.75) is 27.2 Å². The minimum atomic E-state index is -0.386. The quantitative estimate of drug-likeness (QED) is 0.461. The van der Waals surface area contributed by atoms with E-state index in [1.54, 1.807) is 0 Å². The molecule has 124 valence electrons. The number of hydrogen-bond acceptors (Lipinski definition) is 4. The summed E-state index contributed by atoms with van der Waals surface area (Å²) in [5.41, 5.74) is 3.99. The third kappa shape index (κ3) is 6.13. The van der Waals surface area contributed by atoms with E-state index in [1.165, 1.54) is 6.20 Å². The van der Waals surface area contributed by atoms with Gasteiger partial charge in [-0.15, -0.1) is 0 Å². The van der Waals surface area contributed by atoms with Crippen LogP contribution in [0.25, 0.3) is 0 Å². The summed E-state index contributed by atoms with van der Waals surface area (Å²) in [7, 11) is 4.02. The molecule has 0 fully saturated rings. The van der Waals surface area contributed by atoms with Gasteiger partial charge < -0.3 is 15.5 Å². The average Bonchev–Trinajstić information content (AvgIpc) is 2.46. The summed E-state index contributed by atoms with van der Waals surface area (Å²) in [4.78, 5) is 14.3. The van der Waals surface area contributed by atoms with Crippen molar-refractivity contribution in [3.8, 4) is 6.07 Å². The van der Waals surface area contributed by atoms with E-state index in [9.17, 15) is 10.1 Å². The average molecular weight is 314 g/mol. The molecule has 0 radical (unpaired) electrons. The zero-order valence-corrected chi connectivity index (χ0v) is 14.7. The van der Waals surface area contributed by atoms with Gasteiger partial charge in [-0.2, -0.15) is 5.26 Å². The SMILES string of the molecule is Cc1cc(C)c(NC(=O)/C(C#N)=C\NCCCN(C)C)c(C)c1. The van der Waals surface area contributed by atoms with Gasteiger partial charge in [0.05, 0.1) is 0 Å². The third-order valence-electron chi connectivity index (χ3n) is 3.45. The summed E-state index contributed by atoms with van der Waals surface area (Å²) >= 11 is 0. The normalized spacial score (nSPS) is 11.3. The van der Waals surface area contributed by atoms with Crippen LogP contribution in [0.2, 0.25) is 0 Å². The highest BCUT2D eigenvalue weighted by atomic mass is 16.1. The highest BCUT2D eigenvalue weighted by Crippen LogP contribution is 2.22. The highest BCUT2D eigenvalue weighted by Gasteiger charge is 2.12. The van der Waals surface area contributed by atoms with E-state index in [4.69, 9.17) is 0 Å². The fourth-order valence-corrected chi connectivity index (χ4v) is 2.38. The van der Waals surface area contributed by atoms with Gasteiger partial charge >= 0.3 is 0 Å². The van der Waals surface area contributed by atoms with Crippen LogP contribution in [-0.2, 0) is 4.79 Å². The third-order valence-corrected chi connectivity index (χ3v) is 3.45. The Labute approximate surface area is 139 Å². The fraction of sp³-hybridized carbons (Fsp3) is 0.444. The number of hydrogen-bond donors (Lipinski definition) is 2. The van der Waals surface area contributed by atoms with Gasteiger partial charge in [0, 0.05) is 18.4 Å². The number of rotatable bonds is 7. The first-order chi connectivity index (χ1) is 10.8. The number of carbonyl (C=O) groups is 1. The van der Waals surface area contributed by atoms with Crippen LogP contribution >= 0.6 is 0 Å². The van der Waals surface area contributed by atoms with Crippen LogP contribution in [0, 0.1) is 32.1 Å². The summed E-state index contributed by atoms with van der Waals surface area (Å²) in [5, 5.41) is 15.0. The van der Waals surface area contributed by atoms with E-state index < -0.39 is 0 Å². The molecule has 0 saturated carbocycles. The molecule has 0 heterocycles. The van der Waals surface area contributed by atoms with E-state index in [0.29, 0.717) is 0 Å². The molecule has 5 nitrogen and oxygen atoms in total. The molecule has 23 heavy (non-hydrogen) atoms. The van der Waals surface area contributed by atoms with Crippen molar-refractivity contribution in [1.29, 1.82) is 5.26 Å². The zero-order chi connectivity index (χ0) is 17.4. The summed E-state index contributed by atoms with van der Waals surface area (Å²) in [6, 6.07) is 5.97. The Kier molecular flexibility index (Phi) is 7.30. The van der Waals surface area contributed by atoms with Crippen LogP contribution in [0.1, 0.15) is 23.1 Å². The summed E-state index contributed by atoms with van der Waals surface area (Å²) in [5.74, 6) is -0.386. The van der Waals surface area contributed by atoms with Gasteiger partial charge in [0.2, 0.25) is 0 Å². The molecule has 0 unspecified atom stereocenters. The summed E-state index contributed by atoms with van der Waals surface area (Å²) in [6.07, 6.45) is 2.43. The maximum atomic E-state index is 12.3. The summed E-state index contributed by atoms with van der Waals surface area (Å²) in [6.45, 7) is 7.59. The van der Waals surface area contributed by atoms with Crippen molar-refractivity contribution in [3.05, 3.63) is 40.6 Å². The van der Waals surface area contributed by atoms with Gasteiger partial charge in [-0.1, -0.05) is 17.7 Å². The van der Waals surface area contributed by atoms with Gasteiger partial charge in [-0.05, 0) is 59.0 Å². The van der Waals surface area contributed by atoms with Gasteiger partial charge in [0.1, 0.15) is 11.6 Å².